The SMILES string of the molecule is O=c1cc(-c2cc3cc(Br)ccc3o2)c2cc3c(cc2o1)CCCC3. The van der Waals surface area contributed by atoms with Crippen LogP contribution in [0, 0.1) is 0 Å². The van der Waals surface area contributed by atoms with Gasteiger partial charge in [0.15, 0.2) is 0 Å². The molecule has 1 aliphatic carbocycles. The Balaban J connectivity index is 1.80. The van der Waals surface area contributed by atoms with Crippen LogP contribution in [0.5, 0.6) is 0 Å². The summed E-state index contributed by atoms with van der Waals surface area (Å²) in [4.78, 5) is 12.1. The van der Waals surface area contributed by atoms with Gasteiger partial charge in [-0.15, -0.1) is 0 Å². The minimum Gasteiger partial charge on any atom is -0.456 e. The number of aryl methyl sites for hydroxylation is 2. The highest BCUT2D eigenvalue weighted by Gasteiger charge is 2.17. The number of hydrogen-bond acceptors (Lipinski definition) is 3. The van der Waals surface area contributed by atoms with Crippen molar-refractivity contribution in [2.45, 2.75) is 25.7 Å². The quantitative estimate of drug-likeness (QED) is 0.380. The van der Waals surface area contributed by atoms with Crippen molar-refractivity contribution in [3.8, 4) is 11.3 Å². The van der Waals surface area contributed by atoms with Crippen LogP contribution in [0.3, 0.4) is 0 Å². The zero-order valence-electron chi connectivity index (χ0n) is 13.5. The van der Waals surface area contributed by atoms with Crippen LogP contribution in [0.2, 0.25) is 0 Å². The zero-order chi connectivity index (χ0) is 17.0. The van der Waals surface area contributed by atoms with Gasteiger partial charge in [0, 0.05) is 26.9 Å². The molecule has 0 N–H and O–H groups in total. The first-order valence-electron chi connectivity index (χ1n) is 8.46. The normalized spacial score (nSPS) is 14.1. The highest BCUT2D eigenvalue weighted by molar-refractivity contribution is 9.10. The summed E-state index contributed by atoms with van der Waals surface area (Å²) < 4.78 is 12.5. The average molecular weight is 395 g/mol. The van der Waals surface area contributed by atoms with Gasteiger partial charge in [-0.25, -0.2) is 4.79 Å². The van der Waals surface area contributed by atoms with Crippen molar-refractivity contribution < 1.29 is 8.83 Å². The summed E-state index contributed by atoms with van der Waals surface area (Å²) in [7, 11) is 0. The first kappa shape index (κ1) is 15.0. The Hall–Kier alpha value is -2.33. The van der Waals surface area contributed by atoms with Crippen molar-refractivity contribution in [3.63, 3.8) is 0 Å². The first-order valence-corrected chi connectivity index (χ1v) is 9.26. The molecular formula is C21H15BrO3. The summed E-state index contributed by atoms with van der Waals surface area (Å²) in [6, 6.07) is 13.6. The second kappa shape index (κ2) is 5.60. The monoisotopic (exact) mass is 394 g/mol. The number of halogens is 1. The van der Waals surface area contributed by atoms with E-state index in [0.29, 0.717) is 11.3 Å². The summed E-state index contributed by atoms with van der Waals surface area (Å²) in [5.74, 6) is 0.696. The molecule has 0 unspecified atom stereocenters. The van der Waals surface area contributed by atoms with Crippen molar-refractivity contribution in [3.05, 3.63) is 68.5 Å². The lowest BCUT2D eigenvalue weighted by Gasteiger charge is -2.16. The first-order chi connectivity index (χ1) is 12.2. The Bertz CT molecular complexity index is 1180. The van der Waals surface area contributed by atoms with Crippen LogP contribution in [-0.2, 0) is 12.8 Å². The van der Waals surface area contributed by atoms with Gasteiger partial charge in [0.1, 0.15) is 16.9 Å². The van der Waals surface area contributed by atoms with E-state index < -0.39 is 0 Å². The van der Waals surface area contributed by atoms with Crippen LogP contribution in [0.4, 0.5) is 0 Å². The van der Waals surface area contributed by atoms with E-state index in [4.69, 9.17) is 8.83 Å². The van der Waals surface area contributed by atoms with Gasteiger partial charge in [-0.05, 0) is 73.2 Å². The van der Waals surface area contributed by atoms with E-state index in [1.54, 1.807) is 0 Å². The molecule has 0 atom stereocenters. The number of hydrogen-bond donors (Lipinski definition) is 0. The fourth-order valence-corrected chi connectivity index (χ4v) is 4.12. The molecule has 0 bridgehead atoms. The standard InChI is InChI=1S/C21H15BrO3/c22-15-5-6-18-14(7-15)10-19(24-18)17-11-21(23)25-20-9-13-4-2-1-3-12(13)8-16(17)20/h5-11H,1-4H2. The highest BCUT2D eigenvalue weighted by Crippen LogP contribution is 2.35. The summed E-state index contributed by atoms with van der Waals surface area (Å²) >= 11 is 3.48. The van der Waals surface area contributed by atoms with E-state index >= 15 is 0 Å². The van der Waals surface area contributed by atoms with E-state index in [0.717, 1.165) is 39.2 Å². The topological polar surface area (TPSA) is 43.4 Å². The molecule has 2 aromatic carbocycles. The number of fused-ring (bicyclic) bond motifs is 3. The summed E-state index contributed by atoms with van der Waals surface area (Å²) in [5, 5.41) is 1.95. The second-order valence-electron chi connectivity index (χ2n) is 6.60. The molecule has 2 heterocycles. The Labute approximate surface area is 152 Å². The molecule has 4 aromatic rings. The molecule has 2 aromatic heterocycles. The third-order valence-corrected chi connectivity index (χ3v) is 5.44. The fraction of sp³-hybridized carbons (Fsp3) is 0.190. The van der Waals surface area contributed by atoms with Gasteiger partial charge >= 0.3 is 5.63 Å². The third kappa shape index (κ3) is 2.52. The largest absolute Gasteiger partial charge is 0.456 e. The molecular weight excluding hydrogens is 380 g/mol. The maximum Gasteiger partial charge on any atom is 0.336 e. The zero-order valence-corrected chi connectivity index (χ0v) is 15.1. The van der Waals surface area contributed by atoms with Gasteiger partial charge in [-0.3, -0.25) is 0 Å². The summed E-state index contributed by atoms with van der Waals surface area (Å²) in [6.45, 7) is 0. The Morgan fingerprint density at radius 3 is 2.48 bits per heavy atom. The predicted octanol–water partition coefficient (Wildman–Crippen LogP) is 5.85. The highest BCUT2D eigenvalue weighted by atomic mass is 79.9. The second-order valence-corrected chi connectivity index (χ2v) is 7.51. The van der Waals surface area contributed by atoms with Gasteiger partial charge in [0.2, 0.25) is 0 Å². The van der Waals surface area contributed by atoms with Gasteiger partial charge < -0.3 is 8.83 Å². The lowest BCUT2D eigenvalue weighted by Crippen LogP contribution is -2.04. The number of rotatable bonds is 1. The van der Waals surface area contributed by atoms with Crippen molar-refractivity contribution >= 4 is 37.9 Å². The van der Waals surface area contributed by atoms with E-state index in [-0.39, 0.29) is 5.63 Å². The molecule has 5 rings (SSSR count). The lowest BCUT2D eigenvalue weighted by atomic mass is 9.89. The molecule has 4 heteroatoms. The van der Waals surface area contributed by atoms with E-state index in [2.05, 4.69) is 22.0 Å². The molecule has 0 fully saturated rings. The van der Waals surface area contributed by atoms with E-state index in [1.807, 2.05) is 30.3 Å². The maximum absolute atomic E-state index is 12.1. The van der Waals surface area contributed by atoms with Crippen LogP contribution >= 0.6 is 15.9 Å². The predicted molar refractivity (Wildman–Crippen MR) is 102 cm³/mol. The minimum absolute atomic E-state index is 0.347. The molecule has 0 amide bonds. The van der Waals surface area contributed by atoms with Crippen LogP contribution in [0.25, 0.3) is 33.3 Å². The maximum atomic E-state index is 12.1. The van der Waals surface area contributed by atoms with Crippen LogP contribution in [0.15, 0.2) is 60.6 Å². The van der Waals surface area contributed by atoms with Crippen LogP contribution < -0.4 is 5.63 Å². The number of furan rings is 1. The molecule has 0 radical (unpaired) electrons. The molecule has 0 saturated heterocycles. The van der Waals surface area contributed by atoms with Gasteiger partial charge in [0.05, 0.1) is 0 Å². The fourth-order valence-electron chi connectivity index (χ4n) is 3.74. The summed E-state index contributed by atoms with van der Waals surface area (Å²) in [6.07, 6.45) is 4.54. The molecule has 0 spiro atoms. The smallest absolute Gasteiger partial charge is 0.336 e. The van der Waals surface area contributed by atoms with Crippen molar-refractivity contribution in [2.24, 2.45) is 0 Å². The third-order valence-electron chi connectivity index (χ3n) is 4.95. The lowest BCUT2D eigenvalue weighted by molar-refractivity contribution is 0.558. The molecule has 3 nitrogen and oxygen atoms in total. The Kier molecular flexibility index (Phi) is 3.35. The molecule has 1 aliphatic rings. The van der Waals surface area contributed by atoms with Crippen molar-refractivity contribution in [1.82, 2.24) is 0 Å². The van der Waals surface area contributed by atoms with Crippen LogP contribution in [0.1, 0.15) is 24.0 Å². The molecule has 0 saturated carbocycles. The van der Waals surface area contributed by atoms with Crippen molar-refractivity contribution in [1.29, 1.82) is 0 Å². The minimum atomic E-state index is -0.347. The molecule has 25 heavy (non-hydrogen) atoms. The molecule has 124 valence electrons. The Morgan fingerprint density at radius 2 is 1.64 bits per heavy atom. The van der Waals surface area contributed by atoms with Gasteiger partial charge in [-0.1, -0.05) is 15.9 Å². The van der Waals surface area contributed by atoms with E-state index in [1.165, 1.54) is 30.0 Å². The van der Waals surface area contributed by atoms with Gasteiger partial charge in [-0.2, -0.15) is 0 Å². The van der Waals surface area contributed by atoms with Crippen molar-refractivity contribution in [2.75, 3.05) is 0 Å². The summed E-state index contributed by atoms with van der Waals surface area (Å²) in [5.41, 5.74) is 4.55. The van der Waals surface area contributed by atoms with Gasteiger partial charge in [0.25, 0.3) is 0 Å². The Morgan fingerprint density at radius 1 is 0.840 bits per heavy atom. The average Bonchev–Trinajstić information content (AvgIpc) is 3.02. The number of benzene rings is 2. The van der Waals surface area contributed by atoms with E-state index in [9.17, 15) is 4.79 Å². The van der Waals surface area contributed by atoms with Crippen LogP contribution in [-0.4, -0.2) is 0 Å². The molecule has 0 aliphatic heterocycles.